The lowest BCUT2D eigenvalue weighted by Gasteiger charge is -2.39. The van der Waals surface area contributed by atoms with Crippen LogP contribution in [0.15, 0.2) is 24.4 Å². The lowest BCUT2D eigenvalue weighted by atomic mass is 9.90. The molecule has 1 aromatic heterocycles. The number of nitrogens with zero attached hydrogens (tertiary/aromatic N) is 3. The van der Waals surface area contributed by atoms with Gasteiger partial charge in [0.1, 0.15) is 6.07 Å². The summed E-state index contributed by atoms with van der Waals surface area (Å²) < 4.78 is 4.87. The van der Waals surface area contributed by atoms with E-state index in [9.17, 15) is 10.1 Å². The molecule has 2 aromatic rings. The number of carbonyl (C=O) groups is 1. The first-order chi connectivity index (χ1) is 11.5. The van der Waals surface area contributed by atoms with Crippen molar-refractivity contribution < 1.29 is 9.53 Å². The first-order valence-corrected chi connectivity index (χ1v) is 8.25. The molecule has 5 nitrogen and oxygen atoms in total. The van der Waals surface area contributed by atoms with Crippen LogP contribution in [0, 0.1) is 17.2 Å². The number of carbonyl (C=O) groups excluding carboxylic acids is 1. The number of halogens is 1. The monoisotopic (exact) mass is 343 g/mol. The summed E-state index contributed by atoms with van der Waals surface area (Å²) in [5.74, 6) is -0.256. The van der Waals surface area contributed by atoms with Crippen molar-refractivity contribution in [3.05, 3.63) is 35.0 Å². The zero-order chi connectivity index (χ0) is 17.3. The van der Waals surface area contributed by atoms with E-state index in [1.807, 2.05) is 12.1 Å². The van der Waals surface area contributed by atoms with Gasteiger partial charge in [-0.1, -0.05) is 11.6 Å². The van der Waals surface area contributed by atoms with Crippen molar-refractivity contribution in [2.75, 3.05) is 18.6 Å². The number of nitriles is 1. The summed E-state index contributed by atoms with van der Waals surface area (Å²) in [5.41, 5.74) is 2.17. The summed E-state index contributed by atoms with van der Waals surface area (Å²) in [6, 6.07) is 7.84. The highest BCUT2D eigenvalue weighted by molar-refractivity contribution is 6.31. The second kappa shape index (κ2) is 6.66. The SMILES string of the molecule is COC(=O)[C@H]1CCN(c2c(C#N)cnc3ccc(Cl)cc23)[C@H](C)C1. The molecule has 2 heterocycles. The van der Waals surface area contributed by atoms with E-state index in [1.54, 1.807) is 12.3 Å². The third kappa shape index (κ3) is 2.90. The largest absolute Gasteiger partial charge is 0.469 e. The molecular formula is C18H18ClN3O2. The maximum atomic E-state index is 11.8. The zero-order valence-corrected chi connectivity index (χ0v) is 14.4. The molecule has 0 spiro atoms. The molecule has 3 rings (SSSR count). The van der Waals surface area contributed by atoms with E-state index >= 15 is 0 Å². The molecule has 0 unspecified atom stereocenters. The fourth-order valence-corrected chi connectivity index (χ4v) is 3.60. The number of pyridine rings is 1. The Morgan fingerprint density at radius 1 is 1.50 bits per heavy atom. The summed E-state index contributed by atoms with van der Waals surface area (Å²) in [7, 11) is 1.42. The number of piperidine rings is 1. The minimum Gasteiger partial charge on any atom is -0.469 e. The standard InChI is InChI=1S/C18H18ClN3O2/c1-11-7-12(18(23)24-2)5-6-22(11)17-13(9-20)10-21-16-4-3-14(19)8-15(16)17/h3-4,8,10-12H,5-7H2,1-2H3/t11-,12+/m1/s1. The van der Waals surface area contributed by atoms with E-state index in [4.69, 9.17) is 16.3 Å². The van der Waals surface area contributed by atoms with E-state index in [0.29, 0.717) is 30.0 Å². The fraction of sp³-hybridized carbons (Fsp3) is 0.389. The molecule has 0 saturated carbocycles. The van der Waals surface area contributed by atoms with Crippen LogP contribution in [0.4, 0.5) is 5.69 Å². The van der Waals surface area contributed by atoms with Crippen molar-refractivity contribution in [3.63, 3.8) is 0 Å². The molecule has 0 aliphatic carbocycles. The lowest BCUT2D eigenvalue weighted by molar-refractivity contribution is -0.146. The summed E-state index contributed by atoms with van der Waals surface area (Å²) in [4.78, 5) is 18.3. The number of hydrogen-bond donors (Lipinski definition) is 0. The van der Waals surface area contributed by atoms with Crippen LogP contribution in [0.1, 0.15) is 25.3 Å². The number of aromatic nitrogens is 1. The average Bonchev–Trinajstić information content (AvgIpc) is 2.60. The summed E-state index contributed by atoms with van der Waals surface area (Å²) in [5, 5.41) is 11.0. The minimum absolute atomic E-state index is 0.0940. The number of fused-ring (bicyclic) bond motifs is 1. The Kier molecular flexibility index (Phi) is 4.59. The number of hydrogen-bond acceptors (Lipinski definition) is 5. The second-order valence-electron chi connectivity index (χ2n) is 6.08. The van der Waals surface area contributed by atoms with Gasteiger partial charge in [0.05, 0.1) is 29.8 Å². The van der Waals surface area contributed by atoms with Crippen LogP contribution >= 0.6 is 11.6 Å². The molecular weight excluding hydrogens is 326 g/mol. The summed E-state index contributed by atoms with van der Waals surface area (Å²) in [6.45, 7) is 2.74. The zero-order valence-electron chi connectivity index (χ0n) is 13.6. The topological polar surface area (TPSA) is 66.2 Å². The van der Waals surface area contributed by atoms with E-state index in [1.165, 1.54) is 7.11 Å². The quantitative estimate of drug-likeness (QED) is 0.780. The molecule has 0 bridgehead atoms. The fourth-order valence-electron chi connectivity index (χ4n) is 3.43. The number of benzene rings is 1. The van der Waals surface area contributed by atoms with Crippen LogP contribution in [-0.4, -0.2) is 30.6 Å². The third-order valence-electron chi connectivity index (χ3n) is 4.62. The smallest absolute Gasteiger partial charge is 0.308 e. The van der Waals surface area contributed by atoms with E-state index in [-0.39, 0.29) is 17.9 Å². The Labute approximate surface area is 145 Å². The lowest BCUT2D eigenvalue weighted by Crippen LogP contribution is -2.43. The van der Waals surface area contributed by atoms with E-state index < -0.39 is 0 Å². The predicted octanol–water partition coefficient (Wildman–Crippen LogP) is 3.54. The summed E-state index contributed by atoms with van der Waals surface area (Å²) in [6.07, 6.45) is 3.00. The Hall–Kier alpha value is -2.32. The van der Waals surface area contributed by atoms with Gasteiger partial charge in [0.2, 0.25) is 0 Å². The predicted molar refractivity (Wildman–Crippen MR) is 93.0 cm³/mol. The van der Waals surface area contributed by atoms with Crippen molar-refractivity contribution >= 4 is 34.2 Å². The van der Waals surface area contributed by atoms with Gasteiger partial charge in [-0.25, -0.2) is 0 Å². The van der Waals surface area contributed by atoms with Gasteiger partial charge in [-0.15, -0.1) is 0 Å². The van der Waals surface area contributed by atoms with Gasteiger partial charge in [0.25, 0.3) is 0 Å². The molecule has 2 atom stereocenters. The number of esters is 1. The molecule has 1 aliphatic rings. The molecule has 0 amide bonds. The van der Waals surface area contributed by atoms with Crippen LogP contribution in [0.25, 0.3) is 10.9 Å². The molecule has 6 heteroatoms. The third-order valence-corrected chi connectivity index (χ3v) is 4.86. The molecule has 1 aromatic carbocycles. The maximum Gasteiger partial charge on any atom is 0.308 e. The van der Waals surface area contributed by atoms with Gasteiger partial charge in [-0.2, -0.15) is 5.26 Å². The first-order valence-electron chi connectivity index (χ1n) is 7.88. The van der Waals surface area contributed by atoms with E-state index in [2.05, 4.69) is 22.9 Å². The Morgan fingerprint density at radius 3 is 2.96 bits per heavy atom. The van der Waals surface area contributed by atoms with Gasteiger partial charge in [-0.3, -0.25) is 9.78 Å². The van der Waals surface area contributed by atoms with Gasteiger partial charge in [0.15, 0.2) is 0 Å². The van der Waals surface area contributed by atoms with Crippen molar-refractivity contribution in [2.24, 2.45) is 5.92 Å². The van der Waals surface area contributed by atoms with Crippen LogP contribution in [0.5, 0.6) is 0 Å². The first kappa shape index (κ1) is 16.5. The molecule has 1 fully saturated rings. The minimum atomic E-state index is -0.162. The summed E-state index contributed by atoms with van der Waals surface area (Å²) >= 11 is 6.15. The molecule has 24 heavy (non-hydrogen) atoms. The van der Waals surface area contributed by atoms with Crippen molar-refractivity contribution in [3.8, 4) is 6.07 Å². The van der Waals surface area contributed by atoms with Gasteiger partial charge >= 0.3 is 5.97 Å². The van der Waals surface area contributed by atoms with E-state index in [0.717, 1.165) is 16.6 Å². The van der Waals surface area contributed by atoms with Crippen molar-refractivity contribution in [1.29, 1.82) is 5.26 Å². The molecule has 124 valence electrons. The Bertz CT molecular complexity index is 831. The molecule has 1 saturated heterocycles. The molecule has 1 aliphatic heterocycles. The maximum absolute atomic E-state index is 11.8. The van der Waals surface area contributed by atoms with Gasteiger partial charge < -0.3 is 9.64 Å². The number of anilines is 1. The number of ether oxygens (including phenoxy) is 1. The molecule has 0 N–H and O–H groups in total. The van der Waals surface area contributed by atoms with Crippen molar-refractivity contribution in [1.82, 2.24) is 4.98 Å². The van der Waals surface area contributed by atoms with Crippen LogP contribution < -0.4 is 4.90 Å². The Morgan fingerprint density at radius 2 is 2.29 bits per heavy atom. The van der Waals surface area contributed by atoms with Crippen LogP contribution in [0.2, 0.25) is 5.02 Å². The van der Waals surface area contributed by atoms with Crippen molar-refractivity contribution in [2.45, 2.75) is 25.8 Å². The van der Waals surface area contributed by atoms with Gasteiger partial charge in [-0.05, 0) is 38.0 Å². The van der Waals surface area contributed by atoms with Crippen LogP contribution in [0.3, 0.4) is 0 Å². The average molecular weight is 344 g/mol. The Balaban J connectivity index is 2.04. The van der Waals surface area contributed by atoms with Gasteiger partial charge in [0, 0.05) is 29.2 Å². The normalized spacial score (nSPS) is 20.7. The number of rotatable bonds is 2. The molecule has 0 radical (unpaired) electrons. The number of methoxy groups -OCH3 is 1. The highest BCUT2D eigenvalue weighted by Gasteiger charge is 2.32. The van der Waals surface area contributed by atoms with Crippen LogP contribution in [-0.2, 0) is 9.53 Å². The second-order valence-corrected chi connectivity index (χ2v) is 6.52. The highest BCUT2D eigenvalue weighted by atomic mass is 35.5. The highest BCUT2D eigenvalue weighted by Crippen LogP contribution is 2.36.